The molecule has 0 saturated carbocycles. The molecule has 0 N–H and O–H groups in total. The molecule has 0 fully saturated rings. The zero-order chi connectivity index (χ0) is 11.3. The maximum Gasteiger partial charge on any atom is 0.160 e. The van der Waals surface area contributed by atoms with Gasteiger partial charge in [-0.3, -0.25) is 4.79 Å². The molecule has 1 aromatic carbocycles. The summed E-state index contributed by atoms with van der Waals surface area (Å²) in [6.45, 7) is 6.49. The molecule has 15 heavy (non-hydrogen) atoms. The number of benzene rings is 1. The molecule has 0 bridgehead atoms. The monoisotopic (exact) mass is 208 g/mol. The van der Waals surface area contributed by atoms with Gasteiger partial charge in [0.2, 0.25) is 0 Å². The fourth-order valence-corrected chi connectivity index (χ4v) is 1.27. The Morgan fingerprint density at radius 3 is 1.87 bits per heavy atom. The molecular weight excluding hydrogens is 192 g/mol. The van der Waals surface area contributed by atoms with E-state index in [0.29, 0.717) is 30.3 Å². The zero-order valence-corrected chi connectivity index (χ0v) is 9.37. The van der Waals surface area contributed by atoms with Crippen molar-refractivity contribution in [3.63, 3.8) is 0 Å². The molecule has 0 amide bonds. The topological polar surface area (TPSA) is 35.5 Å². The number of Topliss-reactive ketones (excluding diaryl/α,β-unsaturated/α-hetero) is 1. The molecule has 1 aromatic rings. The third-order valence-corrected chi connectivity index (χ3v) is 1.91. The number of ketones is 1. The maximum atomic E-state index is 11.2. The summed E-state index contributed by atoms with van der Waals surface area (Å²) in [7, 11) is 0. The summed E-state index contributed by atoms with van der Waals surface area (Å²) < 4.78 is 10.7. The number of rotatable bonds is 5. The Bertz CT molecular complexity index is 320. The first-order chi connectivity index (χ1) is 7.17. The second kappa shape index (κ2) is 5.39. The number of carbonyl (C=O) groups is 1. The van der Waals surface area contributed by atoms with Crippen molar-refractivity contribution < 1.29 is 14.3 Å². The highest BCUT2D eigenvalue weighted by atomic mass is 16.5. The van der Waals surface area contributed by atoms with Crippen molar-refractivity contribution in [2.24, 2.45) is 0 Å². The third kappa shape index (κ3) is 3.27. The molecule has 3 heteroatoms. The zero-order valence-electron chi connectivity index (χ0n) is 9.37. The molecule has 3 nitrogen and oxygen atoms in total. The van der Waals surface area contributed by atoms with E-state index in [2.05, 4.69) is 0 Å². The lowest BCUT2D eigenvalue weighted by atomic mass is 10.1. The predicted molar refractivity (Wildman–Crippen MR) is 58.8 cm³/mol. The van der Waals surface area contributed by atoms with Gasteiger partial charge in [-0.1, -0.05) is 0 Å². The molecule has 0 spiro atoms. The minimum atomic E-state index is 0.0116. The SMILES string of the molecule is CCOc1cc(OCC)cc(C(C)=O)c1. The van der Waals surface area contributed by atoms with Crippen LogP contribution >= 0.6 is 0 Å². The quantitative estimate of drug-likeness (QED) is 0.698. The largest absolute Gasteiger partial charge is 0.494 e. The highest BCUT2D eigenvalue weighted by Crippen LogP contribution is 2.23. The summed E-state index contributed by atoms with van der Waals surface area (Å²) >= 11 is 0. The van der Waals surface area contributed by atoms with Gasteiger partial charge in [-0.2, -0.15) is 0 Å². The third-order valence-electron chi connectivity index (χ3n) is 1.91. The minimum Gasteiger partial charge on any atom is -0.494 e. The van der Waals surface area contributed by atoms with E-state index in [1.165, 1.54) is 6.92 Å². The summed E-state index contributed by atoms with van der Waals surface area (Å²) in [6.07, 6.45) is 0. The van der Waals surface area contributed by atoms with E-state index < -0.39 is 0 Å². The van der Waals surface area contributed by atoms with Crippen LogP contribution < -0.4 is 9.47 Å². The Kier molecular flexibility index (Phi) is 4.16. The van der Waals surface area contributed by atoms with Crippen LogP contribution in [0.5, 0.6) is 11.5 Å². The highest BCUT2D eigenvalue weighted by Gasteiger charge is 2.05. The lowest BCUT2D eigenvalue weighted by molar-refractivity contribution is 0.101. The van der Waals surface area contributed by atoms with E-state index in [4.69, 9.17) is 9.47 Å². The van der Waals surface area contributed by atoms with Crippen molar-refractivity contribution in [3.8, 4) is 11.5 Å². The molecule has 82 valence electrons. The highest BCUT2D eigenvalue weighted by molar-refractivity contribution is 5.94. The number of carbonyl (C=O) groups excluding carboxylic acids is 1. The first-order valence-corrected chi connectivity index (χ1v) is 5.09. The van der Waals surface area contributed by atoms with Gasteiger partial charge in [-0.15, -0.1) is 0 Å². The van der Waals surface area contributed by atoms with Gasteiger partial charge < -0.3 is 9.47 Å². The number of hydrogen-bond donors (Lipinski definition) is 0. The van der Waals surface area contributed by atoms with Crippen molar-refractivity contribution in [1.82, 2.24) is 0 Å². The van der Waals surface area contributed by atoms with Crippen LogP contribution in [0.4, 0.5) is 0 Å². The van der Waals surface area contributed by atoms with Crippen molar-refractivity contribution >= 4 is 5.78 Å². The Morgan fingerprint density at radius 1 is 1.07 bits per heavy atom. The summed E-state index contributed by atoms with van der Waals surface area (Å²) in [6, 6.07) is 5.25. The molecule has 1 rings (SSSR count). The molecule has 0 atom stereocenters. The molecule has 0 unspecified atom stereocenters. The van der Waals surface area contributed by atoms with Crippen LogP contribution in [-0.4, -0.2) is 19.0 Å². The smallest absolute Gasteiger partial charge is 0.160 e. The van der Waals surface area contributed by atoms with E-state index in [1.54, 1.807) is 18.2 Å². The average Bonchev–Trinajstić information content (AvgIpc) is 2.18. The van der Waals surface area contributed by atoms with Gasteiger partial charge in [0.25, 0.3) is 0 Å². The lowest BCUT2D eigenvalue weighted by Crippen LogP contribution is -1.99. The van der Waals surface area contributed by atoms with Crippen LogP contribution in [0, 0.1) is 0 Å². The lowest BCUT2D eigenvalue weighted by Gasteiger charge is -2.09. The number of hydrogen-bond acceptors (Lipinski definition) is 3. The van der Waals surface area contributed by atoms with Gasteiger partial charge in [0.1, 0.15) is 11.5 Å². The van der Waals surface area contributed by atoms with Crippen LogP contribution in [0.2, 0.25) is 0 Å². The summed E-state index contributed by atoms with van der Waals surface area (Å²) in [4.78, 5) is 11.2. The van der Waals surface area contributed by atoms with E-state index >= 15 is 0 Å². The van der Waals surface area contributed by atoms with Crippen LogP contribution in [-0.2, 0) is 0 Å². The second-order valence-electron chi connectivity index (χ2n) is 3.12. The van der Waals surface area contributed by atoms with Gasteiger partial charge in [-0.25, -0.2) is 0 Å². The van der Waals surface area contributed by atoms with Gasteiger partial charge >= 0.3 is 0 Å². The van der Waals surface area contributed by atoms with Gasteiger partial charge in [-0.05, 0) is 32.9 Å². The molecule has 0 aliphatic rings. The Morgan fingerprint density at radius 2 is 1.53 bits per heavy atom. The molecule has 0 aromatic heterocycles. The van der Waals surface area contributed by atoms with E-state index in [0.717, 1.165) is 0 Å². The van der Waals surface area contributed by atoms with E-state index in [-0.39, 0.29) is 5.78 Å². The molecule has 0 heterocycles. The molecule has 0 saturated heterocycles. The first kappa shape index (κ1) is 11.6. The van der Waals surface area contributed by atoms with Crippen LogP contribution in [0.1, 0.15) is 31.1 Å². The fraction of sp³-hybridized carbons (Fsp3) is 0.417. The Balaban J connectivity index is 3.02. The summed E-state index contributed by atoms with van der Waals surface area (Å²) in [5.74, 6) is 1.36. The van der Waals surface area contributed by atoms with Crippen molar-refractivity contribution in [2.75, 3.05) is 13.2 Å². The first-order valence-electron chi connectivity index (χ1n) is 5.09. The van der Waals surface area contributed by atoms with Crippen LogP contribution in [0.3, 0.4) is 0 Å². The Labute approximate surface area is 90.0 Å². The van der Waals surface area contributed by atoms with E-state index in [1.807, 2.05) is 13.8 Å². The fourth-order valence-electron chi connectivity index (χ4n) is 1.27. The normalized spacial score (nSPS) is 9.80. The van der Waals surface area contributed by atoms with Crippen LogP contribution in [0.15, 0.2) is 18.2 Å². The minimum absolute atomic E-state index is 0.0116. The Hall–Kier alpha value is -1.51. The van der Waals surface area contributed by atoms with Crippen molar-refractivity contribution in [2.45, 2.75) is 20.8 Å². The predicted octanol–water partition coefficient (Wildman–Crippen LogP) is 2.69. The van der Waals surface area contributed by atoms with Gasteiger partial charge in [0.05, 0.1) is 13.2 Å². The van der Waals surface area contributed by atoms with Crippen LogP contribution in [0.25, 0.3) is 0 Å². The van der Waals surface area contributed by atoms with E-state index in [9.17, 15) is 4.79 Å². The standard InChI is InChI=1S/C12H16O3/c1-4-14-11-6-10(9(3)13)7-12(8-11)15-5-2/h6-8H,4-5H2,1-3H3. The number of ether oxygens (including phenoxy) is 2. The summed E-state index contributed by atoms with van der Waals surface area (Å²) in [5, 5.41) is 0. The molecule has 0 aliphatic carbocycles. The van der Waals surface area contributed by atoms with Crippen molar-refractivity contribution in [1.29, 1.82) is 0 Å². The molecule has 0 aliphatic heterocycles. The van der Waals surface area contributed by atoms with Gasteiger partial charge in [0, 0.05) is 11.6 Å². The molecular formula is C12H16O3. The average molecular weight is 208 g/mol. The maximum absolute atomic E-state index is 11.2. The summed E-state index contributed by atoms with van der Waals surface area (Å²) in [5.41, 5.74) is 0.615. The molecule has 0 radical (unpaired) electrons. The van der Waals surface area contributed by atoms with Crippen molar-refractivity contribution in [3.05, 3.63) is 23.8 Å². The second-order valence-corrected chi connectivity index (χ2v) is 3.12. The van der Waals surface area contributed by atoms with Gasteiger partial charge in [0.15, 0.2) is 5.78 Å².